The SMILES string of the molecule is CNC(=O)/C(C)=C(/CCOC(=O)CC(=O)O)SSC(C)C. The highest BCUT2D eigenvalue weighted by Gasteiger charge is 2.14. The number of ether oxygens (including phenoxy) is 1. The fraction of sp³-hybridized carbons (Fsp3) is 0.615. The summed E-state index contributed by atoms with van der Waals surface area (Å²) in [5, 5.41) is 11.4. The van der Waals surface area contributed by atoms with E-state index in [2.05, 4.69) is 5.32 Å². The van der Waals surface area contributed by atoms with Gasteiger partial charge in [-0.05, 0) is 6.92 Å². The normalized spacial score (nSPS) is 11.9. The second-order valence-corrected chi connectivity index (χ2v) is 7.27. The fourth-order valence-electron chi connectivity index (χ4n) is 1.19. The maximum absolute atomic E-state index is 11.7. The van der Waals surface area contributed by atoms with Crippen molar-refractivity contribution >= 4 is 39.4 Å². The molecule has 0 radical (unpaired) electrons. The van der Waals surface area contributed by atoms with Gasteiger partial charge in [0.1, 0.15) is 6.42 Å². The van der Waals surface area contributed by atoms with E-state index < -0.39 is 18.4 Å². The van der Waals surface area contributed by atoms with Gasteiger partial charge in [-0.15, -0.1) is 0 Å². The lowest BCUT2D eigenvalue weighted by atomic mass is 10.2. The zero-order chi connectivity index (χ0) is 16.4. The Hall–Kier alpha value is -1.15. The first-order valence-electron chi connectivity index (χ1n) is 6.40. The van der Waals surface area contributed by atoms with Crippen LogP contribution in [0.1, 0.15) is 33.6 Å². The molecular formula is C13H21NO5S2. The standard InChI is InChI=1S/C13H21NO5S2/c1-8(2)20-21-10(9(3)13(18)14-4)5-6-19-12(17)7-11(15)16/h8H,5-7H2,1-4H3,(H,14,18)(H,15,16)/b10-9-. The smallest absolute Gasteiger partial charge is 0.317 e. The Morgan fingerprint density at radius 1 is 1.29 bits per heavy atom. The molecule has 0 aliphatic rings. The van der Waals surface area contributed by atoms with Crippen LogP contribution < -0.4 is 5.32 Å². The van der Waals surface area contributed by atoms with Gasteiger partial charge in [0.25, 0.3) is 0 Å². The second-order valence-electron chi connectivity index (χ2n) is 4.40. The number of aliphatic carboxylic acids is 1. The molecule has 0 saturated carbocycles. The van der Waals surface area contributed by atoms with Crippen LogP contribution in [0.2, 0.25) is 0 Å². The molecule has 0 aliphatic carbocycles. The van der Waals surface area contributed by atoms with Crippen molar-refractivity contribution in [3.8, 4) is 0 Å². The van der Waals surface area contributed by atoms with Crippen molar-refractivity contribution in [1.29, 1.82) is 0 Å². The Labute approximate surface area is 132 Å². The molecule has 6 nitrogen and oxygen atoms in total. The van der Waals surface area contributed by atoms with E-state index >= 15 is 0 Å². The predicted molar refractivity (Wildman–Crippen MR) is 84.9 cm³/mol. The summed E-state index contributed by atoms with van der Waals surface area (Å²) in [6.07, 6.45) is -0.267. The van der Waals surface area contributed by atoms with Crippen molar-refractivity contribution in [2.24, 2.45) is 0 Å². The van der Waals surface area contributed by atoms with Gasteiger partial charge in [-0.1, -0.05) is 35.4 Å². The molecule has 0 aliphatic heterocycles. The van der Waals surface area contributed by atoms with Crippen molar-refractivity contribution < 1.29 is 24.2 Å². The fourth-order valence-corrected chi connectivity index (χ4v) is 3.44. The van der Waals surface area contributed by atoms with Crippen molar-refractivity contribution in [1.82, 2.24) is 5.32 Å². The largest absolute Gasteiger partial charge is 0.481 e. The summed E-state index contributed by atoms with van der Waals surface area (Å²) < 4.78 is 4.85. The third-order valence-electron chi connectivity index (χ3n) is 2.21. The van der Waals surface area contributed by atoms with Gasteiger partial charge in [-0.2, -0.15) is 0 Å². The topological polar surface area (TPSA) is 92.7 Å². The predicted octanol–water partition coefficient (Wildman–Crippen LogP) is 2.20. The molecule has 0 aromatic rings. The summed E-state index contributed by atoms with van der Waals surface area (Å²) in [6.45, 7) is 5.84. The van der Waals surface area contributed by atoms with Crippen molar-refractivity contribution in [3.05, 3.63) is 10.5 Å². The first-order valence-corrected chi connectivity index (χ1v) is 8.61. The summed E-state index contributed by atoms with van der Waals surface area (Å²) in [6, 6.07) is 0. The summed E-state index contributed by atoms with van der Waals surface area (Å²) in [4.78, 5) is 34.0. The quantitative estimate of drug-likeness (QED) is 0.289. The number of carbonyl (C=O) groups is 3. The molecule has 1 amide bonds. The average Bonchev–Trinajstić information content (AvgIpc) is 2.39. The highest BCUT2D eigenvalue weighted by atomic mass is 33.1. The maximum Gasteiger partial charge on any atom is 0.317 e. The molecule has 0 spiro atoms. The van der Waals surface area contributed by atoms with Crippen LogP contribution in [-0.4, -0.2) is 41.9 Å². The van der Waals surface area contributed by atoms with E-state index in [-0.39, 0.29) is 12.5 Å². The van der Waals surface area contributed by atoms with Gasteiger partial charge in [0.05, 0.1) is 6.61 Å². The van der Waals surface area contributed by atoms with Gasteiger partial charge in [-0.25, -0.2) is 0 Å². The van der Waals surface area contributed by atoms with Crippen molar-refractivity contribution in [2.45, 2.75) is 38.9 Å². The molecule has 120 valence electrons. The van der Waals surface area contributed by atoms with E-state index in [1.807, 2.05) is 13.8 Å². The van der Waals surface area contributed by atoms with Crippen LogP contribution in [0.25, 0.3) is 0 Å². The van der Waals surface area contributed by atoms with Crippen LogP contribution in [0.4, 0.5) is 0 Å². The highest BCUT2D eigenvalue weighted by molar-refractivity contribution is 8.78. The van der Waals surface area contributed by atoms with Crippen LogP contribution in [0.15, 0.2) is 10.5 Å². The molecule has 8 heteroatoms. The zero-order valence-corrected chi connectivity index (χ0v) is 14.2. The molecule has 0 atom stereocenters. The average molecular weight is 335 g/mol. The molecule has 0 aromatic carbocycles. The molecule has 0 heterocycles. The zero-order valence-electron chi connectivity index (χ0n) is 12.6. The summed E-state index contributed by atoms with van der Waals surface area (Å²) >= 11 is 0. The molecule has 0 saturated heterocycles. The molecule has 0 bridgehead atoms. The van der Waals surface area contributed by atoms with E-state index in [1.165, 1.54) is 10.8 Å². The Morgan fingerprint density at radius 3 is 2.38 bits per heavy atom. The Balaban J connectivity index is 4.58. The number of nitrogens with one attached hydrogen (secondary N) is 1. The van der Waals surface area contributed by atoms with E-state index in [1.54, 1.807) is 24.8 Å². The van der Waals surface area contributed by atoms with Gasteiger partial charge >= 0.3 is 11.9 Å². The minimum atomic E-state index is -1.22. The lowest BCUT2D eigenvalue weighted by Crippen LogP contribution is -2.20. The number of hydrogen-bond acceptors (Lipinski definition) is 6. The monoisotopic (exact) mass is 335 g/mol. The van der Waals surface area contributed by atoms with Crippen LogP contribution in [-0.2, 0) is 19.1 Å². The summed E-state index contributed by atoms with van der Waals surface area (Å²) in [5.74, 6) is -2.18. The second kappa shape index (κ2) is 10.6. The van der Waals surface area contributed by atoms with Crippen LogP contribution >= 0.6 is 21.6 Å². The first-order chi connectivity index (χ1) is 9.77. The number of carboxylic acid groups (broad SMARTS) is 1. The third kappa shape index (κ3) is 9.41. The van der Waals surface area contributed by atoms with Gasteiger partial charge in [0.15, 0.2) is 0 Å². The lowest BCUT2D eigenvalue weighted by molar-refractivity contribution is -0.151. The Morgan fingerprint density at radius 2 is 1.90 bits per heavy atom. The Bertz CT molecular complexity index is 421. The number of carbonyl (C=O) groups excluding carboxylic acids is 2. The molecule has 0 rings (SSSR count). The number of hydrogen-bond donors (Lipinski definition) is 2. The van der Waals surface area contributed by atoms with E-state index in [0.29, 0.717) is 17.2 Å². The van der Waals surface area contributed by atoms with Crippen LogP contribution in [0, 0.1) is 0 Å². The number of rotatable bonds is 9. The number of amides is 1. The minimum Gasteiger partial charge on any atom is -0.481 e. The first kappa shape index (κ1) is 19.9. The molecule has 0 unspecified atom stereocenters. The van der Waals surface area contributed by atoms with Crippen LogP contribution in [0.3, 0.4) is 0 Å². The third-order valence-corrected chi connectivity index (χ3v) is 5.45. The number of carboxylic acids is 1. The minimum absolute atomic E-state index is 0.0570. The van der Waals surface area contributed by atoms with Crippen molar-refractivity contribution in [2.75, 3.05) is 13.7 Å². The van der Waals surface area contributed by atoms with Crippen LogP contribution in [0.5, 0.6) is 0 Å². The molecule has 0 fully saturated rings. The highest BCUT2D eigenvalue weighted by Crippen LogP contribution is 2.37. The van der Waals surface area contributed by atoms with Gasteiger partial charge in [0, 0.05) is 29.2 Å². The molecule has 2 N–H and O–H groups in total. The van der Waals surface area contributed by atoms with Gasteiger partial charge in [0.2, 0.25) is 5.91 Å². The van der Waals surface area contributed by atoms with Gasteiger partial charge in [-0.3, -0.25) is 14.4 Å². The van der Waals surface area contributed by atoms with Gasteiger partial charge < -0.3 is 15.2 Å². The molecule has 21 heavy (non-hydrogen) atoms. The summed E-state index contributed by atoms with van der Waals surface area (Å²) in [5.41, 5.74) is 0.574. The number of esters is 1. The number of likely N-dealkylation sites (N-methyl/N-ethyl adjacent to an activating group) is 1. The van der Waals surface area contributed by atoms with E-state index in [4.69, 9.17) is 9.84 Å². The molecular weight excluding hydrogens is 314 g/mol. The summed E-state index contributed by atoms with van der Waals surface area (Å²) in [7, 11) is 4.64. The lowest BCUT2D eigenvalue weighted by Gasteiger charge is -2.12. The maximum atomic E-state index is 11.7. The van der Waals surface area contributed by atoms with E-state index in [0.717, 1.165) is 4.91 Å². The van der Waals surface area contributed by atoms with Crippen molar-refractivity contribution in [3.63, 3.8) is 0 Å². The molecule has 0 aromatic heterocycles. The Kier molecular flexibility index (Phi) is 9.98. The van der Waals surface area contributed by atoms with E-state index in [9.17, 15) is 14.4 Å².